The number of unbranched alkanes of at least 4 members (excludes halogenated alkanes) is 1. The van der Waals surface area contributed by atoms with Crippen LogP contribution in [-0.4, -0.2) is 63.5 Å². The van der Waals surface area contributed by atoms with Crippen molar-refractivity contribution in [1.82, 2.24) is 19.4 Å². The molecule has 7 nitrogen and oxygen atoms in total. The van der Waals surface area contributed by atoms with E-state index in [2.05, 4.69) is 57.2 Å². The van der Waals surface area contributed by atoms with Crippen LogP contribution in [0.5, 0.6) is 0 Å². The predicted molar refractivity (Wildman–Crippen MR) is 143 cm³/mol. The standard InChI is InChI=1S/C29H39N5O2/c1-2-3-14-30-28-31-19-25-26(20-34(27(25)32-28)23-8-10-24(35)11-9-23)21-4-6-22(7-5-21)29(12-13-29)33-15-17-36-18-16-33/h4-7,19-20,23-24,35H,2-3,8-18H2,1H3,(H,30,31,32)/t23-,24-. The van der Waals surface area contributed by atoms with Crippen LogP contribution in [0.1, 0.15) is 69.9 Å². The first-order valence-electron chi connectivity index (χ1n) is 13.9. The molecule has 3 aliphatic rings. The first kappa shape index (κ1) is 23.9. The zero-order chi connectivity index (χ0) is 24.5. The second-order valence-corrected chi connectivity index (χ2v) is 10.8. The van der Waals surface area contributed by atoms with E-state index in [-0.39, 0.29) is 11.6 Å². The molecule has 3 aromatic rings. The van der Waals surface area contributed by atoms with Crippen LogP contribution in [-0.2, 0) is 10.3 Å². The summed E-state index contributed by atoms with van der Waals surface area (Å²) in [5.41, 5.74) is 5.04. The molecule has 7 heteroatoms. The van der Waals surface area contributed by atoms with Gasteiger partial charge in [-0.05, 0) is 56.1 Å². The van der Waals surface area contributed by atoms with Gasteiger partial charge in [-0.25, -0.2) is 4.98 Å². The molecule has 2 aliphatic carbocycles. The van der Waals surface area contributed by atoms with E-state index in [1.54, 1.807) is 0 Å². The number of aliphatic hydroxyl groups excluding tert-OH is 1. The average Bonchev–Trinajstić information content (AvgIpc) is 3.66. The van der Waals surface area contributed by atoms with Crippen molar-refractivity contribution in [3.63, 3.8) is 0 Å². The number of anilines is 1. The molecule has 6 rings (SSSR count). The van der Waals surface area contributed by atoms with E-state index in [0.717, 1.165) is 82.4 Å². The third-order valence-electron chi connectivity index (χ3n) is 8.52. The summed E-state index contributed by atoms with van der Waals surface area (Å²) in [6.07, 6.45) is 12.5. The Balaban J connectivity index is 1.32. The quantitative estimate of drug-likeness (QED) is 0.429. The molecule has 1 aromatic carbocycles. The molecule has 1 saturated heterocycles. The normalized spacial score (nSPS) is 24.2. The van der Waals surface area contributed by atoms with Gasteiger partial charge in [-0.3, -0.25) is 4.90 Å². The van der Waals surface area contributed by atoms with E-state index in [1.165, 1.54) is 29.5 Å². The van der Waals surface area contributed by atoms with E-state index in [1.807, 2.05) is 6.20 Å². The van der Waals surface area contributed by atoms with Crippen LogP contribution in [0.4, 0.5) is 5.95 Å². The van der Waals surface area contributed by atoms with E-state index in [9.17, 15) is 5.11 Å². The van der Waals surface area contributed by atoms with Crippen molar-refractivity contribution in [3.05, 3.63) is 42.2 Å². The Morgan fingerprint density at radius 1 is 1.08 bits per heavy atom. The number of aromatic nitrogens is 3. The zero-order valence-corrected chi connectivity index (χ0v) is 21.5. The maximum absolute atomic E-state index is 10.1. The second kappa shape index (κ2) is 10.1. The number of hydrogen-bond acceptors (Lipinski definition) is 6. The lowest BCUT2D eigenvalue weighted by atomic mass is 9.93. The van der Waals surface area contributed by atoms with Gasteiger partial charge in [-0.2, -0.15) is 4.98 Å². The summed E-state index contributed by atoms with van der Waals surface area (Å²) in [5.74, 6) is 0.703. The summed E-state index contributed by atoms with van der Waals surface area (Å²) in [6.45, 7) is 6.81. The maximum atomic E-state index is 10.1. The third-order valence-corrected chi connectivity index (χ3v) is 8.52. The molecule has 0 atom stereocenters. The average molecular weight is 490 g/mol. The monoisotopic (exact) mass is 489 g/mol. The van der Waals surface area contributed by atoms with Gasteiger partial charge in [0.2, 0.25) is 5.95 Å². The Kier molecular flexibility index (Phi) is 6.71. The molecular weight excluding hydrogens is 450 g/mol. The lowest BCUT2D eigenvalue weighted by Crippen LogP contribution is -2.43. The van der Waals surface area contributed by atoms with Crippen molar-refractivity contribution >= 4 is 17.0 Å². The Morgan fingerprint density at radius 3 is 2.53 bits per heavy atom. The summed E-state index contributed by atoms with van der Waals surface area (Å²) in [6, 6.07) is 9.59. The van der Waals surface area contributed by atoms with Gasteiger partial charge in [0.05, 0.1) is 19.3 Å². The summed E-state index contributed by atoms with van der Waals surface area (Å²) >= 11 is 0. The molecule has 1 aliphatic heterocycles. The molecule has 2 saturated carbocycles. The fraction of sp³-hybridized carbons (Fsp3) is 0.586. The van der Waals surface area contributed by atoms with Gasteiger partial charge in [0, 0.05) is 54.6 Å². The van der Waals surface area contributed by atoms with E-state index < -0.39 is 0 Å². The summed E-state index contributed by atoms with van der Waals surface area (Å²) < 4.78 is 7.95. The minimum Gasteiger partial charge on any atom is -0.393 e. The van der Waals surface area contributed by atoms with Crippen molar-refractivity contribution < 1.29 is 9.84 Å². The van der Waals surface area contributed by atoms with Crippen molar-refractivity contribution in [3.8, 4) is 11.1 Å². The molecular formula is C29H39N5O2. The fourth-order valence-electron chi connectivity index (χ4n) is 6.19. The van der Waals surface area contributed by atoms with Gasteiger partial charge in [0.25, 0.3) is 0 Å². The number of aliphatic hydroxyl groups is 1. The zero-order valence-electron chi connectivity index (χ0n) is 21.5. The van der Waals surface area contributed by atoms with Crippen LogP contribution in [0.15, 0.2) is 36.7 Å². The van der Waals surface area contributed by atoms with E-state index >= 15 is 0 Å². The molecule has 0 bridgehead atoms. The molecule has 0 spiro atoms. The van der Waals surface area contributed by atoms with Gasteiger partial charge in [-0.1, -0.05) is 37.6 Å². The molecule has 0 radical (unpaired) electrons. The molecule has 3 fully saturated rings. The second-order valence-electron chi connectivity index (χ2n) is 10.8. The number of hydrogen-bond donors (Lipinski definition) is 2. The van der Waals surface area contributed by atoms with Crippen LogP contribution in [0, 0.1) is 0 Å². The number of rotatable bonds is 8. The molecule has 0 amide bonds. The number of nitrogens with one attached hydrogen (secondary N) is 1. The Bertz CT molecular complexity index is 1170. The molecule has 36 heavy (non-hydrogen) atoms. The molecule has 2 aromatic heterocycles. The highest BCUT2D eigenvalue weighted by Crippen LogP contribution is 2.51. The minimum atomic E-state index is -0.169. The topological polar surface area (TPSA) is 75.4 Å². The lowest BCUT2D eigenvalue weighted by Gasteiger charge is -2.35. The molecule has 0 unspecified atom stereocenters. The van der Waals surface area contributed by atoms with E-state index in [4.69, 9.17) is 9.72 Å². The number of benzene rings is 1. The SMILES string of the molecule is CCCCNc1ncc2c(-c3ccc(C4(N5CCOCC5)CC4)cc3)cn([C@H]3CC[C@H](O)CC3)c2n1. The largest absolute Gasteiger partial charge is 0.393 e. The summed E-state index contributed by atoms with van der Waals surface area (Å²) in [4.78, 5) is 12.3. The van der Waals surface area contributed by atoms with Gasteiger partial charge in [0.15, 0.2) is 0 Å². The van der Waals surface area contributed by atoms with Crippen LogP contribution in [0.3, 0.4) is 0 Å². The number of nitrogens with zero attached hydrogens (tertiary/aromatic N) is 4. The highest BCUT2D eigenvalue weighted by molar-refractivity contribution is 5.94. The lowest BCUT2D eigenvalue weighted by molar-refractivity contribution is 0.00835. The Morgan fingerprint density at radius 2 is 1.83 bits per heavy atom. The Hall–Kier alpha value is -2.48. The van der Waals surface area contributed by atoms with Crippen molar-refractivity contribution in [2.45, 2.75) is 76.0 Å². The van der Waals surface area contributed by atoms with Gasteiger partial charge >= 0.3 is 0 Å². The highest BCUT2D eigenvalue weighted by Gasteiger charge is 2.49. The van der Waals surface area contributed by atoms with E-state index in [0.29, 0.717) is 12.0 Å². The first-order chi connectivity index (χ1) is 17.7. The number of ether oxygens (including phenoxy) is 1. The van der Waals surface area contributed by atoms with Crippen LogP contribution >= 0.6 is 0 Å². The van der Waals surface area contributed by atoms with Gasteiger partial charge in [0.1, 0.15) is 5.65 Å². The maximum Gasteiger partial charge on any atom is 0.224 e. The van der Waals surface area contributed by atoms with Gasteiger partial charge in [-0.15, -0.1) is 0 Å². The third kappa shape index (κ3) is 4.53. The van der Waals surface area contributed by atoms with Crippen LogP contribution < -0.4 is 5.32 Å². The fourth-order valence-corrected chi connectivity index (χ4v) is 6.19. The van der Waals surface area contributed by atoms with Crippen molar-refractivity contribution in [2.75, 3.05) is 38.2 Å². The molecule has 2 N–H and O–H groups in total. The smallest absolute Gasteiger partial charge is 0.224 e. The van der Waals surface area contributed by atoms with Gasteiger partial charge < -0.3 is 19.7 Å². The number of morpholine rings is 1. The first-order valence-corrected chi connectivity index (χ1v) is 13.9. The van der Waals surface area contributed by atoms with Crippen LogP contribution in [0.2, 0.25) is 0 Å². The van der Waals surface area contributed by atoms with Crippen molar-refractivity contribution in [2.24, 2.45) is 0 Å². The van der Waals surface area contributed by atoms with Crippen LogP contribution in [0.25, 0.3) is 22.2 Å². The summed E-state index contributed by atoms with van der Waals surface area (Å²) in [7, 11) is 0. The highest BCUT2D eigenvalue weighted by atomic mass is 16.5. The molecule has 192 valence electrons. The van der Waals surface area contributed by atoms with Crippen molar-refractivity contribution in [1.29, 1.82) is 0 Å². The predicted octanol–water partition coefficient (Wildman–Crippen LogP) is 5.11. The minimum absolute atomic E-state index is 0.169. The molecule has 3 heterocycles. The Labute approximate surface area is 213 Å². The summed E-state index contributed by atoms with van der Waals surface area (Å²) in [5, 5.41) is 14.6. The number of fused-ring (bicyclic) bond motifs is 1.